The number of carbonyl (C=O) groups excluding carboxylic acids is 1. The highest BCUT2D eigenvalue weighted by Gasteiger charge is 2.29. The fourth-order valence-electron chi connectivity index (χ4n) is 3.82. The van der Waals surface area contributed by atoms with E-state index >= 15 is 0 Å². The molecule has 2 aromatic carbocycles. The number of sulfonamides is 1. The predicted molar refractivity (Wildman–Crippen MR) is 119 cm³/mol. The van der Waals surface area contributed by atoms with Gasteiger partial charge in [-0.1, -0.05) is 19.1 Å². The maximum atomic E-state index is 13.0. The molecule has 1 N–H and O–H groups in total. The van der Waals surface area contributed by atoms with Crippen molar-refractivity contribution in [1.82, 2.24) is 9.62 Å². The summed E-state index contributed by atoms with van der Waals surface area (Å²) >= 11 is 0. The van der Waals surface area contributed by atoms with Crippen LogP contribution in [0.2, 0.25) is 0 Å². The molecular weight excluding hydrogens is 416 g/mol. The number of carbonyl (C=O) groups is 1. The van der Waals surface area contributed by atoms with Crippen LogP contribution in [-0.4, -0.2) is 45.9 Å². The molecule has 31 heavy (non-hydrogen) atoms. The third-order valence-electron chi connectivity index (χ3n) is 5.66. The van der Waals surface area contributed by atoms with E-state index in [1.54, 1.807) is 39.3 Å². The van der Waals surface area contributed by atoms with Crippen LogP contribution < -0.4 is 14.8 Å². The average Bonchev–Trinajstić information content (AvgIpc) is 3.33. The number of benzene rings is 2. The van der Waals surface area contributed by atoms with Crippen LogP contribution in [0.3, 0.4) is 0 Å². The van der Waals surface area contributed by atoms with Crippen LogP contribution in [-0.2, 0) is 10.0 Å². The SMILES string of the molecule is CC[C@H](NC(=O)c1ccc(C)c(S(=O)(=O)N2CCCC2)c1)c1ccc(OC)c(OC)c1. The van der Waals surface area contributed by atoms with Crippen molar-refractivity contribution in [3.05, 3.63) is 53.1 Å². The molecule has 0 saturated carbocycles. The molecule has 1 aliphatic rings. The Balaban J connectivity index is 1.86. The van der Waals surface area contributed by atoms with Gasteiger partial charge in [-0.05, 0) is 61.6 Å². The van der Waals surface area contributed by atoms with E-state index in [1.807, 2.05) is 19.1 Å². The first-order valence-corrected chi connectivity index (χ1v) is 11.9. The largest absolute Gasteiger partial charge is 0.493 e. The van der Waals surface area contributed by atoms with E-state index in [0.717, 1.165) is 18.4 Å². The molecule has 0 aliphatic carbocycles. The summed E-state index contributed by atoms with van der Waals surface area (Å²) in [6.45, 7) is 4.77. The Morgan fingerprint density at radius 1 is 1.06 bits per heavy atom. The quantitative estimate of drug-likeness (QED) is 0.669. The molecule has 1 fully saturated rings. The summed E-state index contributed by atoms with van der Waals surface area (Å²) in [5, 5.41) is 3.01. The van der Waals surface area contributed by atoms with Gasteiger partial charge in [-0.2, -0.15) is 4.31 Å². The lowest BCUT2D eigenvalue weighted by molar-refractivity contribution is 0.0935. The number of aryl methyl sites for hydroxylation is 1. The van der Waals surface area contributed by atoms with E-state index in [2.05, 4.69) is 5.32 Å². The van der Waals surface area contributed by atoms with Crippen LogP contribution in [0.4, 0.5) is 0 Å². The van der Waals surface area contributed by atoms with Crippen molar-refractivity contribution in [3.63, 3.8) is 0 Å². The van der Waals surface area contributed by atoms with Crippen molar-refractivity contribution < 1.29 is 22.7 Å². The minimum Gasteiger partial charge on any atom is -0.493 e. The molecule has 0 radical (unpaired) electrons. The first-order valence-electron chi connectivity index (χ1n) is 10.5. The van der Waals surface area contributed by atoms with E-state index in [1.165, 1.54) is 10.4 Å². The number of nitrogens with zero attached hydrogens (tertiary/aromatic N) is 1. The fourth-order valence-corrected chi connectivity index (χ4v) is 5.59. The first kappa shape index (κ1) is 23.1. The van der Waals surface area contributed by atoms with Crippen molar-refractivity contribution in [1.29, 1.82) is 0 Å². The van der Waals surface area contributed by atoms with Gasteiger partial charge < -0.3 is 14.8 Å². The molecule has 3 rings (SSSR count). The Labute approximate surface area is 184 Å². The molecule has 0 aromatic heterocycles. The molecule has 7 nitrogen and oxygen atoms in total. The second-order valence-electron chi connectivity index (χ2n) is 7.64. The van der Waals surface area contributed by atoms with E-state index < -0.39 is 10.0 Å². The van der Waals surface area contributed by atoms with Gasteiger partial charge in [0, 0.05) is 18.7 Å². The number of amides is 1. The maximum absolute atomic E-state index is 13.0. The second-order valence-corrected chi connectivity index (χ2v) is 9.55. The van der Waals surface area contributed by atoms with Crippen LogP contribution in [0.15, 0.2) is 41.3 Å². The predicted octanol–water partition coefficient (Wildman–Crippen LogP) is 3.68. The van der Waals surface area contributed by atoms with Gasteiger partial charge in [0.2, 0.25) is 10.0 Å². The zero-order valence-electron chi connectivity index (χ0n) is 18.5. The molecule has 0 unspecified atom stereocenters. The molecule has 2 aromatic rings. The lowest BCUT2D eigenvalue weighted by Crippen LogP contribution is -2.30. The monoisotopic (exact) mass is 446 g/mol. The van der Waals surface area contributed by atoms with Gasteiger partial charge in [-0.3, -0.25) is 4.79 Å². The summed E-state index contributed by atoms with van der Waals surface area (Å²) in [5.74, 6) is 0.879. The van der Waals surface area contributed by atoms with Crippen molar-refractivity contribution in [2.24, 2.45) is 0 Å². The molecule has 168 valence electrons. The van der Waals surface area contributed by atoms with Crippen molar-refractivity contribution in [2.75, 3.05) is 27.3 Å². The molecule has 0 spiro atoms. The Morgan fingerprint density at radius 2 is 1.74 bits per heavy atom. The number of ether oxygens (including phenoxy) is 2. The number of hydrogen-bond acceptors (Lipinski definition) is 5. The van der Waals surface area contributed by atoms with Crippen LogP contribution in [0.1, 0.15) is 53.7 Å². The topological polar surface area (TPSA) is 84.9 Å². The molecule has 1 saturated heterocycles. The Bertz CT molecular complexity index is 1050. The lowest BCUT2D eigenvalue weighted by Gasteiger charge is -2.20. The smallest absolute Gasteiger partial charge is 0.251 e. The van der Waals surface area contributed by atoms with E-state index in [0.29, 0.717) is 42.1 Å². The highest BCUT2D eigenvalue weighted by atomic mass is 32.2. The molecule has 0 bridgehead atoms. The normalized spacial score (nSPS) is 15.5. The van der Waals surface area contributed by atoms with Crippen LogP contribution >= 0.6 is 0 Å². The third kappa shape index (κ3) is 4.85. The molecule has 1 atom stereocenters. The van der Waals surface area contributed by atoms with Gasteiger partial charge in [-0.15, -0.1) is 0 Å². The number of hydrogen-bond donors (Lipinski definition) is 1. The molecule has 1 aliphatic heterocycles. The van der Waals surface area contributed by atoms with Crippen molar-refractivity contribution >= 4 is 15.9 Å². The lowest BCUT2D eigenvalue weighted by atomic mass is 10.0. The molecule has 8 heteroatoms. The Morgan fingerprint density at radius 3 is 2.35 bits per heavy atom. The zero-order valence-corrected chi connectivity index (χ0v) is 19.3. The summed E-state index contributed by atoms with van der Waals surface area (Å²) in [5.41, 5.74) is 1.84. The summed E-state index contributed by atoms with van der Waals surface area (Å²) < 4.78 is 38.2. The zero-order chi connectivity index (χ0) is 22.6. The Kier molecular flexibility index (Phi) is 7.23. The number of rotatable bonds is 8. The van der Waals surface area contributed by atoms with Crippen molar-refractivity contribution in [2.45, 2.75) is 44.0 Å². The van der Waals surface area contributed by atoms with Gasteiger partial charge in [0.1, 0.15) is 0 Å². The van der Waals surface area contributed by atoms with Crippen LogP contribution in [0.5, 0.6) is 11.5 Å². The average molecular weight is 447 g/mol. The second kappa shape index (κ2) is 9.70. The number of nitrogens with one attached hydrogen (secondary N) is 1. The van der Waals surface area contributed by atoms with E-state index in [9.17, 15) is 13.2 Å². The number of methoxy groups -OCH3 is 2. The summed E-state index contributed by atoms with van der Waals surface area (Å²) in [6, 6.07) is 10.1. The Hall–Kier alpha value is -2.58. The van der Waals surface area contributed by atoms with Gasteiger partial charge >= 0.3 is 0 Å². The minimum atomic E-state index is -3.61. The van der Waals surface area contributed by atoms with Crippen LogP contribution in [0.25, 0.3) is 0 Å². The summed E-state index contributed by atoms with van der Waals surface area (Å²) in [4.78, 5) is 13.2. The summed E-state index contributed by atoms with van der Waals surface area (Å²) in [7, 11) is -0.469. The van der Waals surface area contributed by atoms with Gasteiger partial charge in [-0.25, -0.2) is 8.42 Å². The van der Waals surface area contributed by atoms with Gasteiger partial charge in [0.15, 0.2) is 11.5 Å². The highest BCUT2D eigenvalue weighted by molar-refractivity contribution is 7.89. The first-order chi connectivity index (χ1) is 14.8. The summed E-state index contributed by atoms with van der Waals surface area (Å²) in [6.07, 6.45) is 2.38. The fraction of sp³-hybridized carbons (Fsp3) is 0.435. The van der Waals surface area contributed by atoms with Gasteiger partial charge in [0.05, 0.1) is 25.2 Å². The standard InChI is InChI=1S/C23H30N2O5S/c1-5-19(17-10-11-20(29-3)21(14-17)30-4)24-23(26)18-9-8-16(2)22(15-18)31(27,28)25-12-6-7-13-25/h8-11,14-15,19H,5-7,12-13H2,1-4H3,(H,24,26)/t19-/m0/s1. The molecule has 1 amide bonds. The maximum Gasteiger partial charge on any atom is 0.251 e. The highest BCUT2D eigenvalue weighted by Crippen LogP contribution is 2.31. The minimum absolute atomic E-state index is 0.196. The van der Waals surface area contributed by atoms with E-state index in [4.69, 9.17) is 9.47 Å². The van der Waals surface area contributed by atoms with Crippen LogP contribution in [0, 0.1) is 6.92 Å². The van der Waals surface area contributed by atoms with Gasteiger partial charge in [0.25, 0.3) is 5.91 Å². The molecule has 1 heterocycles. The third-order valence-corrected chi connectivity index (χ3v) is 7.70. The van der Waals surface area contributed by atoms with E-state index in [-0.39, 0.29) is 16.8 Å². The van der Waals surface area contributed by atoms with Crippen molar-refractivity contribution in [3.8, 4) is 11.5 Å². The molecular formula is C23H30N2O5S.